The van der Waals surface area contributed by atoms with Crippen molar-refractivity contribution in [2.24, 2.45) is 5.92 Å². The molecule has 2 aromatic carbocycles. The highest BCUT2D eigenvalue weighted by atomic mass is 35.5. The molecule has 3 rings (SSSR count). The summed E-state index contributed by atoms with van der Waals surface area (Å²) in [4.78, 5) is 2.59. The van der Waals surface area contributed by atoms with E-state index in [-0.39, 0.29) is 0 Å². The zero-order chi connectivity index (χ0) is 16.9. The molecule has 2 heteroatoms. The molecule has 0 unspecified atom stereocenters. The average molecular weight is 342 g/mol. The van der Waals surface area contributed by atoms with E-state index in [0.29, 0.717) is 5.92 Å². The zero-order valence-electron chi connectivity index (χ0n) is 14.8. The molecule has 1 aliphatic rings. The Morgan fingerprint density at radius 3 is 2.08 bits per heavy atom. The second-order valence-corrected chi connectivity index (χ2v) is 7.92. The topological polar surface area (TPSA) is 3.24 Å². The maximum absolute atomic E-state index is 6.07. The van der Waals surface area contributed by atoms with Crippen molar-refractivity contribution >= 4 is 11.6 Å². The summed E-state index contributed by atoms with van der Waals surface area (Å²) >= 11 is 6.07. The van der Waals surface area contributed by atoms with E-state index in [0.717, 1.165) is 24.0 Å². The van der Waals surface area contributed by atoms with Crippen LogP contribution in [0.5, 0.6) is 0 Å². The van der Waals surface area contributed by atoms with Gasteiger partial charge in [0.1, 0.15) is 0 Å². The van der Waals surface area contributed by atoms with Gasteiger partial charge < -0.3 is 0 Å². The van der Waals surface area contributed by atoms with Crippen molar-refractivity contribution in [3.63, 3.8) is 0 Å². The fraction of sp³-hybridized carbons (Fsp3) is 0.455. The van der Waals surface area contributed by atoms with Crippen LogP contribution in [0.25, 0.3) is 0 Å². The minimum Gasteiger partial charge on any atom is -0.295 e. The molecular formula is C22H28ClN. The van der Waals surface area contributed by atoms with Crippen LogP contribution in [-0.4, -0.2) is 11.4 Å². The first-order valence-electron chi connectivity index (χ1n) is 9.16. The highest BCUT2D eigenvalue weighted by Crippen LogP contribution is 2.30. The molecule has 1 atom stereocenters. The van der Waals surface area contributed by atoms with Crippen LogP contribution in [0.3, 0.4) is 0 Å². The standard InChI is InChI=1S/C22H28ClN/c1-17(2)7-8-19(18-9-11-22(23)12-10-18)13-14-24-15-20-5-3-4-6-21(20)16-24/h3-6,9-12,17,19H,7-8,13-16H2,1-2H3/t19-/m1/s1. The molecule has 0 fully saturated rings. The third-order valence-corrected chi connectivity index (χ3v) is 5.39. The summed E-state index contributed by atoms with van der Waals surface area (Å²) in [5.41, 5.74) is 4.45. The van der Waals surface area contributed by atoms with Crippen molar-refractivity contribution in [1.82, 2.24) is 4.90 Å². The summed E-state index contributed by atoms with van der Waals surface area (Å²) in [5.74, 6) is 1.39. The van der Waals surface area contributed by atoms with Gasteiger partial charge in [-0.05, 0) is 60.0 Å². The van der Waals surface area contributed by atoms with Gasteiger partial charge >= 0.3 is 0 Å². The fourth-order valence-corrected chi connectivity index (χ4v) is 3.77. The lowest BCUT2D eigenvalue weighted by Crippen LogP contribution is -2.20. The number of benzene rings is 2. The lowest BCUT2D eigenvalue weighted by atomic mass is 9.88. The van der Waals surface area contributed by atoms with Crippen LogP contribution in [0, 0.1) is 5.92 Å². The third kappa shape index (κ3) is 4.62. The molecule has 1 heterocycles. The van der Waals surface area contributed by atoms with Gasteiger partial charge in [0.05, 0.1) is 0 Å². The lowest BCUT2D eigenvalue weighted by molar-refractivity contribution is 0.267. The molecule has 128 valence electrons. The first-order valence-corrected chi connectivity index (χ1v) is 9.54. The Morgan fingerprint density at radius 1 is 0.875 bits per heavy atom. The van der Waals surface area contributed by atoms with Crippen molar-refractivity contribution < 1.29 is 0 Å². The first kappa shape index (κ1) is 17.5. The van der Waals surface area contributed by atoms with Crippen molar-refractivity contribution in [1.29, 1.82) is 0 Å². The molecule has 0 radical (unpaired) electrons. The largest absolute Gasteiger partial charge is 0.295 e. The van der Waals surface area contributed by atoms with Gasteiger partial charge in [-0.25, -0.2) is 0 Å². The van der Waals surface area contributed by atoms with E-state index in [1.54, 1.807) is 0 Å². The quantitative estimate of drug-likeness (QED) is 0.574. The highest BCUT2D eigenvalue weighted by Gasteiger charge is 2.20. The SMILES string of the molecule is CC(C)CC[C@H](CCN1Cc2ccccc2C1)c1ccc(Cl)cc1. The monoisotopic (exact) mass is 341 g/mol. The maximum atomic E-state index is 6.07. The van der Waals surface area contributed by atoms with Crippen molar-refractivity contribution in [2.75, 3.05) is 6.54 Å². The van der Waals surface area contributed by atoms with Crippen LogP contribution in [-0.2, 0) is 13.1 Å². The first-order chi connectivity index (χ1) is 11.6. The molecular weight excluding hydrogens is 314 g/mol. The second kappa shape index (κ2) is 8.18. The Bertz CT molecular complexity index is 622. The molecule has 0 N–H and O–H groups in total. The average Bonchev–Trinajstić information content (AvgIpc) is 2.98. The number of rotatable bonds is 7. The molecule has 0 aromatic heterocycles. The van der Waals surface area contributed by atoms with Crippen molar-refractivity contribution in [3.8, 4) is 0 Å². The number of hydrogen-bond acceptors (Lipinski definition) is 1. The Morgan fingerprint density at radius 2 is 1.50 bits per heavy atom. The predicted octanol–water partition coefficient (Wildman–Crippen LogP) is 6.27. The van der Waals surface area contributed by atoms with E-state index in [9.17, 15) is 0 Å². The summed E-state index contributed by atoms with van der Waals surface area (Å²) in [6.07, 6.45) is 3.77. The Kier molecular flexibility index (Phi) is 5.97. The predicted molar refractivity (Wildman–Crippen MR) is 103 cm³/mol. The van der Waals surface area contributed by atoms with E-state index in [4.69, 9.17) is 11.6 Å². The van der Waals surface area contributed by atoms with Gasteiger partial charge in [0, 0.05) is 18.1 Å². The normalized spacial score (nSPS) is 15.7. The molecule has 0 aliphatic carbocycles. The maximum Gasteiger partial charge on any atom is 0.0406 e. The smallest absolute Gasteiger partial charge is 0.0406 e. The minimum atomic E-state index is 0.633. The number of fused-ring (bicyclic) bond motifs is 1. The number of halogens is 1. The van der Waals surface area contributed by atoms with E-state index < -0.39 is 0 Å². The molecule has 0 saturated carbocycles. The van der Waals surface area contributed by atoms with E-state index >= 15 is 0 Å². The third-order valence-electron chi connectivity index (χ3n) is 5.13. The molecule has 0 spiro atoms. The van der Waals surface area contributed by atoms with Gasteiger partial charge in [0.2, 0.25) is 0 Å². The molecule has 0 amide bonds. The Balaban J connectivity index is 1.61. The summed E-state index contributed by atoms with van der Waals surface area (Å²) in [6, 6.07) is 17.3. The van der Waals surface area contributed by atoms with Crippen molar-refractivity contribution in [3.05, 3.63) is 70.2 Å². The molecule has 24 heavy (non-hydrogen) atoms. The molecule has 1 nitrogen and oxygen atoms in total. The fourth-order valence-electron chi connectivity index (χ4n) is 3.65. The minimum absolute atomic E-state index is 0.633. The Hall–Kier alpha value is -1.31. The van der Waals surface area contributed by atoms with Crippen LogP contribution in [0.15, 0.2) is 48.5 Å². The molecule has 0 saturated heterocycles. The van der Waals surface area contributed by atoms with Gasteiger partial charge in [0.25, 0.3) is 0 Å². The van der Waals surface area contributed by atoms with Gasteiger partial charge in [-0.1, -0.05) is 68.3 Å². The molecule has 0 bridgehead atoms. The lowest BCUT2D eigenvalue weighted by Gasteiger charge is -2.22. The van der Waals surface area contributed by atoms with Crippen LogP contribution < -0.4 is 0 Å². The Labute approximate surface area is 151 Å². The van der Waals surface area contributed by atoms with E-state index in [1.165, 1.54) is 42.5 Å². The van der Waals surface area contributed by atoms with Crippen molar-refractivity contribution in [2.45, 2.75) is 52.1 Å². The van der Waals surface area contributed by atoms with Crippen LogP contribution in [0.4, 0.5) is 0 Å². The van der Waals surface area contributed by atoms with Gasteiger partial charge in [-0.15, -0.1) is 0 Å². The van der Waals surface area contributed by atoms with E-state index in [1.807, 2.05) is 12.1 Å². The second-order valence-electron chi connectivity index (χ2n) is 7.49. The van der Waals surface area contributed by atoms with Crippen LogP contribution in [0.2, 0.25) is 5.02 Å². The molecule has 2 aromatic rings. The summed E-state index contributed by atoms with van der Waals surface area (Å²) < 4.78 is 0. The van der Waals surface area contributed by atoms with Crippen LogP contribution in [0.1, 0.15) is 55.7 Å². The van der Waals surface area contributed by atoms with Gasteiger partial charge in [0.15, 0.2) is 0 Å². The van der Waals surface area contributed by atoms with Gasteiger partial charge in [-0.3, -0.25) is 4.90 Å². The van der Waals surface area contributed by atoms with Gasteiger partial charge in [-0.2, -0.15) is 0 Å². The summed E-state index contributed by atoms with van der Waals surface area (Å²) in [7, 11) is 0. The van der Waals surface area contributed by atoms with Crippen LogP contribution >= 0.6 is 11.6 Å². The highest BCUT2D eigenvalue weighted by molar-refractivity contribution is 6.30. The molecule has 1 aliphatic heterocycles. The summed E-state index contributed by atoms with van der Waals surface area (Å²) in [5, 5.41) is 0.830. The summed E-state index contributed by atoms with van der Waals surface area (Å²) in [6.45, 7) is 8.01. The number of hydrogen-bond donors (Lipinski definition) is 0. The number of nitrogens with zero attached hydrogens (tertiary/aromatic N) is 1. The van der Waals surface area contributed by atoms with E-state index in [2.05, 4.69) is 55.1 Å². The zero-order valence-corrected chi connectivity index (χ0v) is 15.6.